The number of nitrogens with one attached hydrogen (secondary N) is 1. The number of halogens is 1. The number of carbonyl (C=O) groups is 1. The van der Waals surface area contributed by atoms with Crippen LogP contribution in [-0.4, -0.2) is 31.5 Å². The average molecular weight is 361 g/mol. The highest BCUT2D eigenvalue weighted by atomic mass is 35.5. The maximum Gasteiger partial charge on any atom is 0.234 e. The van der Waals surface area contributed by atoms with Crippen LogP contribution < -0.4 is 5.32 Å². The van der Waals surface area contributed by atoms with E-state index in [1.54, 1.807) is 17.1 Å². The second kappa shape index (κ2) is 7.37. The van der Waals surface area contributed by atoms with E-state index in [-0.39, 0.29) is 23.1 Å². The third-order valence-corrected chi connectivity index (χ3v) is 4.14. The second-order valence-electron chi connectivity index (χ2n) is 4.81. The molecule has 2 N–H and O–H groups in total. The smallest absolute Gasteiger partial charge is 0.234 e. The van der Waals surface area contributed by atoms with Crippen LogP contribution in [0.25, 0.3) is 5.69 Å². The first-order valence-corrected chi connectivity index (χ1v) is 8.36. The van der Waals surface area contributed by atoms with E-state index in [9.17, 15) is 9.90 Å². The summed E-state index contributed by atoms with van der Waals surface area (Å²) in [6.45, 7) is 0. The number of thioether (sulfide) groups is 1. The van der Waals surface area contributed by atoms with Crippen molar-refractivity contribution in [3.8, 4) is 11.4 Å². The zero-order valence-corrected chi connectivity index (χ0v) is 14.0. The Bertz CT molecular complexity index is 854. The summed E-state index contributed by atoms with van der Waals surface area (Å²) in [5.41, 5.74) is 1.17. The number of nitrogens with zero attached hydrogens (tertiary/aromatic N) is 3. The SMILES string of the molecule is O=C(CSc1ncn(-c2ccccc2)n1)Nc1cc(Cl)ccc1O. The number of aromatic hydroxyl groups is 1. The molecule has 0 unspecified atom stereocenters. The summed E-state index contributed by atoms with van der Waals surface area (Å²) in [5, 5.41) is 17.5. The molecule has 0 aliphatic carbocycles. The summed E-state index contributed by atoms with van der Waals surface area (Å²) in [6, 6.07) is 14.0. The molecule has 0 radical (unpaired) electrons. The van der Waals surface area contributed by atoms with E-state index in [1.807, 2.05) is 30.3 Å². The van der Waals surface area contributed by atoms with Crippen molar-refractivity contribution in [3.05, 3.63) is 59.9 Å². The molecule has 2 aromatic carbocycles. The van der Waals surface area contributed by atoms with Crippen molar-refractivity contribution in [1.29, 1.82) is 0 Å². The molecule has 122 valence electrons. The molecule has 0 aliphatic rings. The minimum absolute atomic E-state index is 0.0377. The molecule has 8 heteroatoms. The molecule has 0 bridgehead atoms. The van der Waals surface area contributed by atoms with E-state index in [1.165, 1.54) is 23.9 Å². The Morgan fingerprint density at radius 2 is 2.04 bits per heavy atom. The molecule has 6 nitrogen and oxygen atoms in total. The lowest BCUT2D eigenvalue weighted by Crippen LogP contribution is -2.14. The van der Waals surface area contributed by atoms with Gasteiger partial charge in [-0.2, -0.15) is 0 Å². The number of benzene rings is 2. The number of phenols is 1. The van der Waals surface area contributed by atoms with Crippen LogP contribution >= 0.6 is 23.4 Å². The zero-order chi connectivity index (χ0) is 16.9. The Kier molecular flexibility index (Phi) is 5.02. The van der Waals surface area contributed by atoms with E-state index < -0.39 is 0 Å². The second-order valence-corrected chi connectivity index (χ2v) is 6.18. The molecule has 0 fully saturated rings. The molecule has 1 amide bonds. The van der Waals surface area contributed by atoms with E-state index in [4.69, 9.17) is 11.6 Å². The minimum Gasteiger partial charge on any atom is -0.506 e. The van der Waals surface area contributed by atoms with Gasteiger partial charge in [-0.1, -0.05) is 41.6 Å². The van der Waals surface area contributed by atoms with E-state index >= 15 is 0 Å². The fraction of sp³-hybridized carbons (Fsp3) is 0.0625. The maximum atomic E-state index is 12.0. The van der Waals surface area contributed by atoms with Crippen molar-refractivity contribution in [2.24, 2.45) is 0 Å². The van der Waals surface area contributed by atoms with Crippen LogP contribution in [0.15, 0.2) is 60.0 Å². The molecular weight excluding hydrogens is 348 g/mol. The summed E-state index contributed by atoms with van der Waals surface area (Å²) in [4.78, 5) is 16.1. The number of carbonyl (C=O) groups excluding carboxylic acids is 1. The van der Waals surface area contributed by atoms with Gasteiger partial charge in [0.15, 0.2) is 0 Å². The molecule has 3 rings (SSSR count). The molecule has 3 aromatic rings. The lowest BCUT2D eigenvalue weighted by molar-refractivity contribution is -0.113. The zero-order valence-electron chi connectivity index (χ0n) is 12.4. The van der Waals surface area contributed by atoms with Crippen LogP contribution in [-0.2, 0) is 4.79 Å². The predicted molar refractivity (Wildman–Crippen MR) is 93.8 cm³/mol. The van der Waals surface area contributed by atoms with E-state index in [0.29, 0.717) is 10.2 Å². The first-order chi connectivity index (χ1) is 11.6. The van der Waals surface area contributed by atoms with Crippen LogP contribution in [0, 0.1) is 0 Å². The van der Waals surface area contributed by atoms with E-state index in [2.05, 4.69) is 15.4 Å². The summed E-state index contributed by atoms with van der Waals surface area (Å²) in [6.07, 6.45) is 1.60. The van der Waals surface area contributed by atoms with Crippen LogP contribution in [0.4, 0.5) is 5.69 Å². The van der Waals surface area contributed by atoms with Gasteiger partial charge in [-0.25, -0.2) is 9.67 Å². The third-order valence-electron chi connectivity index (χ3n) is 3.06. The largest absolute Gasteiger partial charge is 0.506 e. The number of phenolic OH excluding ortho intramolecular Hbond substituents is 1. The number of rotatable bonds is 5. The van der Waals surface area contributed by atoms with Crippen molar-refractivity contribution >= 4 is 35.0 Å². The van der Waals surface area contributed by atoms with Gasteiger partial charge in [-0.3, -0.25) is 4.79 Å². The lowest BCUT2D eigenvalue weighted by atomic mass is 10.3. The summed E-state index contributed by atoms with van der Waals surface area (Å²) in [5.74, 6) is -0.206. The van der Waals surface area contributed by atoms with Crippen LogP contribution in [0.3, 0.4) is 0 Å². The number of aromatic nitrogens is 3. The van der Waals surface area contributed by atoms with Gasteiger partial charge in [0, 0.05) is 5.02 Å². The van der Waals surface area contributed by atoms with Gasteiger partial charge in [0.2, 0.25) is 11.1 Å². The van der Waals surface area contributed by atoms with E-state index in [0.717, 1.165) is 5.69 Å². The molecule has 0 atom stereocenters. The highest BCUT2D eigenvalue weighted by Gasteiger charge is 2.10. The standard InChI is InChI=1S/C16H13ClN4O2S/c17-11-6-7-14(22)13(8-11)19-15(23)9-24-16-18-10-21(20-16)12-4-2-1-3-5-12/h1-8,10,22H,9H2,(H,19,23). The summed E-state index contributed by atoms with van der Waals surface area (Å²) < 4.78 is 1.64. The molecule has 0 spiro atoms. The molecule has 0 saturated heterocycles. The minimum atomic E-state index is -0.284. The Labute approximate surface area is 147 Å². The number of hydrogen-bond acceptors (Lipinski definition) is 5. The van der Waals surface area contributed by atoms with Crippen molar-refractivity contribution in [2.75, 3.05) is 11.1 Å². The molecule has 1 aromatic heterocycles. The number of amides is 1. The molecule has 1 heterocycles. The topological polar surface area (TPSA) is 80.0 Å². The Balaban J connectivity index is 1.59. The normalized spacial score (nSPS) is 10.5. The molecule has 24 heavy (non-hydrogen) atoms. The van der Waals surface area contributed by atoms with Crippen molar-refractivity contribution in [3.63, 3.8) is 0 Å². The van der Waals surface area contributed by atoms with Crippen molar-refractivity contribution in [1.82, 2.24) is 14.8 Å². The average Bonchev–Trinajstić information content (AvgIpc) is 3.06. The molecule has 0 saturated carbocycles. The molecular formula is C16H13ClN4O2S. The highest BCUT2D eigenvalue weighted by Crippen LogP contribution is 2.26. The van der Waals surface area contributed by atoms with Gasteiger partial charge >= 0.3 is 0 Å². The quantitative estimate of drug-likeness (QED) is 0.538. The van der Waals surface area contributed by atoms with Gasteiger partial charge in [-0.15, -0.1) is 5.10 Å². The fourth-order valence-corrected chi connectivity index (χ4v) is 2.72. The first kappa shape index (κ1) is 16.4. The van der Waals surface area contributed by atoms with Crippen molar-refractivity contribution < 1.29 is 9.90 Å². The summed E-state index contributed by atoms with van der Waals surface area (Å²) in [7, 11) is 0. The number of hydrogen-bond donors (Lipinski definition) is 2. The third kappa shape index (κ3) is 4.06. The number of anilines is 1. The Hall–Kier alpha value is -2.51. The van der Waals surface area contributed by atoms with Crippen LogP contribution in [0.1, 0.15) is 0 Å². The van der Waals surface area contributed by atoms with Gasteiger partial charge in [-0.05, 0) is 30.3 Å². The number of para-hydroxylation sites is 1. The van der Waals surface area contributed by atoms with Crippen molar-refractivity contribution in [2.45, 2.75) is 5.16 Å². The Morgan fingerprint density at radius 3 is 2.83 bits per heavy atom. The van der Waals surface area contributed by atoms with Gasteiger partial charge in [0.05, 0.1) is 17.1 Å². The Morgan fingerprint density at radius 1 is 1.25 bits per heavy atom. The highest BCUT2D eigenvalue weighted by molar-refractivity contribution is 7.99. The van der Waals surface area contributed by atoms with Gasteiger partial charge in [0.1, 0.15) is 12.1 Å². The maximum absolute atomic E-state index is 12.0. The van der Waals surface area contributed by atoms with Crippen LogP contribution in [0.5, 0.6) is 5.75 Å². The van der Waals surface area contributed by atoms with Gasteiger partial charge < -0.3 is 10.4 Å². The monoisotopic (exact) mass is 360 g/mol. The lowest BCUT2D eigenvalue weighted by Gasteiger charge is -2.06. The molecule has 0 aliphatic heterocycles. The fourth-order valence-electron chi connectivity index (χ4n) is 1.94. The summed E-state index contributed by atoms with van der Waals surface area (Å²) >= 11 is 7.05. The predicted octanol–water partition coefficient (Wildman–Crippen LogP) is 3.36. The first-order valence-electron chi connectivity index (χ1n) is 7.00. The van der Waals surface area contributed by atoms with Crippen LogP contribution in [0.2, 0.25) is 5.02 Å². The van der Waals surface area contributed by atoms with Gasteiger partial charge in [0.25, 0.3) is 0 Å².